The Morgan fingerprint density at radius 1 is 0.946 bits per heavy atom. The number of nitrogens with two attached hydrogens (primary N) is 1. The number of hydroxylamine groups is 1. The lowest BCUT2D eigenvalue weighted by atomic mass is 10.1. The van der Waals surface area contributed by atoms with E-state index in [2.05, 4.69) is 33.9 Å². The summed E-state index contributed by atoms with van der Waals surface area (Å²) in [5, 5.41) is 17.1. The van der Waals surface area contributed by atoms with Crippen LogP contribution in [0, 0.1) is 18.8 Å². The smallest absolute Gasteiger partial charge is 0.267 e. The van der Waals surface area contributed by atoms with Crippen LogP contribution in [0.2, 0.25) is 0 Å². The summed E-state index contributed by atoms with van der Waals surface area (Å²) >= 11 is 0. The molecule has 0 aliphatic heterocycles. The van der Waals surface area contributed by atoms with Gasteiger partial charge in [-0.05, 0) is 61.0 Å². The summed E-state index contributed by atoms with van der Waals surface area (Å²) in [5.41, 5.74) is 11.7. The van der Waals surface area contributed by atoms with Crippen LogP contribution in [0.4, 0.5) is 5.69 Å². The summed E-state index contributed by atoms with van der Waals surface area (Å²) in [6, 6.07) is 20.8. The molecule has 0 saturated heterocycles. The zero-order chi connectivity index (χ0) is 26.6. The van der Waals surface area contributed by atoms with Crippen molar-refractivity contribution in [1.82, 2.24) is 16.1 Å². The first-order chi connectivity index (χ1) is 17.9. The fraction of sp³-hybridized carbons (Fsp3) is 0.179. The summed E-state index contributed by atoms with van der Waals surface area (Å²) in [7, 11) is 0. The zero-order valence-corrected chi connectivity index (χ0v) is 20.4. The van der Waals surface area contributed by atoms with Crippen LogP contribution in [0.3, 0.4) is 0 Å². The van der Waals surface area contributed by atoms with Crippen molar-refractivity contribution in [3.63, 3.8) is 0 Å². The largest absolute Gasteiger partial charge is 0.339 e. The molecule has 0 spiro atoms. The van der Waals surface area contributed by atoms with Crippen LogP contribution >= 0.6 is 0 Å². The molecule has 9 nitrogen and oxygen atoms in total. The van der Waals surface area contributed by atoms with Crippen LogP contribution in [0.15, 0.2) is 72.8 Å². The summed E-state index contributed by atoms with van der Waals surface area (Å²) in [6.45, 7) is 2.69. The lowest BCUT2D eigenvalue weighted by Gasteiger charge is -2.14. The first-order valence-corrected chi connectivity index (χ1v) is 11.6. The van der Waals surface area contributed by atoms with Crippen molar-refractivity contribution in [3.8, 4) is 11.8 Å². The first-order valence-electron chi connectivity index (χ1n) is 11.6. The van der Waals surface area contributed by atoms with Crippen molar-refractivity contribution >= 4 is 23.4 Å². The van der Waals surface area contributed by atoms with Gasteiger partial charge < -0.3 is 21.7 Å². The van der Waals surface area contributed by atoms with Crippen LogP contribution in [0.5, 0.6) is 0 Å². The summed E-state index contributed by atoms with van der Waals surface area (Å²) in [4.78, 5) is 35.9. The van der Waals surface area contributed by atoms with Crippen LogP contribution in [0.1, 0.15) is 32.6 Å². The van der Waals surface area contributed by atoms with Gasteiger partial charge in [-0.3, -0.25) is 19.6 Å². The molecule has 9 heteroatoms. The normalized spacial score (nSPS) is 11.0. The van der Waals surface area contributed by atoms with Gasteiger partial charge in [-0.2, -0.15) is 0 Å². The first kappa shape index (κ1) is 27.1. The number of carbonyl (C=O) groups is 3. The van der Waals surface area contributed by atoms with E-state index in [9.17, 15) is 14.4 Å². The Hall–Kier alpha value is -4.49. The number of benzene rings is 3. The number of hydrogen-bond donors (Lipinski definition) is 6. The van der Waals surface area contributed by atoms with Gasteiger partial charge in [0.1, 0.15) is 6.04 Å². The van der Waals surface area contributed by atoms with Crippen LogP contribution in [-0.4, -0.2) is 42.1 Å². The Morgan fingerprint density at radius 3 is 2.19 bits per heavy atom. The molecular weight excluding hydrogens is 470 g/mol. The molecule has 3 amide bonds. The molecule has 190 valence electrons. The average Bonchev–Trinajstić information content (AvgIpc) is 2.91. The maximum absolute atomic E-state index is 12.3. The highest BCUT2D eigenvalue weighted by Gasteiger charge is 2.19. The van der Waals surface area contributed by atoms with E-state index in [0.29, 0.717) is 23.4 Å². The topological polar surface area (TPSA) is 146 Å². The third-order valence-electron chi connectivity index (χ3n) is 5.33. The Labute approximate surface area is 215 Å². The van der Waals surface area contributed by atoms with Crippen molar-refractivity contribution in [2.75, 3.05) is 18.4 Å². The highest BCUT2D eigenvalue weighted by atomic mass is 16.5. The summed E-state index contributed by atoms with van der Waals surface area (Å²) in [6.07, 6.45) is 0. The maximum Gasteiger partial charge on any atom is 0.267 e. The third kappa shape index (κ3) is 8.59. The molecule has 37 heavy (non-hydrogen) atoms. The van der Waals surface area contributed by atoms with Gasteiger partial charge in [0.05, 0.1) is 6.54 Å². The van der Waals surface area contributed by atoms with Crippen molar-refractivity contribution in [3.05, 3.63) is 101 Å². The SMILES string of the molecule is Cc1cccc(CNCC(=O)Nc2ccc(C#Cc3ccc(C(=O)N[C@@H](CN)C(=O)NO)cc3)cc2)c1. The molecule has 3 rings (SSSR count). The van der Waals surface area contributed by atoms with Gasteiger partial charge in [0.25, 0.3) is 11.8 Å². The van der Waals surface area contributed by atoms with E-state index in [1.807, 2.05) is 37.3 Å². The van der Waals surface area contributed by atoms with Crippen molar-refractivity contribution in [2.45, 2.75) is 19.5 Å². The van der Waals surface area contributed by atoms with Crippen LogP contribution in [-0.2, 0) is 16.1 Å². The van der Waals surface area contributed by atoms with E-state index in [1.165, 1.54) is 11.0 Å². The van der Waals surface area contributed by atoms with Crippen molar-refractivity contribution in [2.24, 2.45) is 5.73 Å². The molecule has 1 atom stereocenters. The van der Waals surface area contributed by atoms with E-state index >= 15 is 0 Å². The highest BCUT2D eigenvalue weighted by Crippen LogP contribution is 2.10. The quantitative estimate of drug-likeness (QED) is 0.150. The predicted octanol–water partition coefficient (Wildman–Crippen LogP) is 1.69. The number of nitrogens with one attached hydrogen (secondary N) is 4. The molecule has 0 aliphatic rings. The second-order valence-corrected chi connectivity index (χ2v) is 8.28. The Balaban J connectivity index is 1.49. The molecule has 0 heterocycles. The van der Waals surface area contributed by atoms with Crippen LogP contribution in [0.25, 0.3) is 0 Å². The molecule has 7 N–H and O–H groups in total. The minimum absolute atomic E-state index is 0.134. The van der Waals surface area contributed by atoms with E-state index in [4.69, 9.17) is 10.9 Å². The van der Waals surface area contributed by atoms with Gasteiger partial charge >= 0.3 is 0 Å². The Morgan fingerprint density at radius 2 is 1.59 bits per heavy atom. The van der Waals surface area contributed by atoms with Crippen LogP contribution < -0.4 is 27.2 Å². The molecule has 0 radical (unpaired) electrons. The monoisotopic (exact) mass is 499 g/mol. The summed E-state index contributed by atoms with van der Waals surface area (Å²) < 4.78 is 0. The fourth-order valence-corrected chi connectivity index (χ4v) is 3.38. The minimum atomic E-state index is -1.04. The Kier molecular flexibility index (Phi) is 9.93. The molecule has 0 fully saturated rings. The van der Waals surface area contributed by atoms with E-state index in [1.54, 1.807) is 36.4 Å². The molecule has 0 bridgehead atoms. The highest BCUT2D eigenvalue weighted by molar-refractivity contribution is 5.97. The third-order valence-corrected chi connectivity index (χ3v) is 5.33. The molecular formula is C28H29N5O4. The van der Waals surface area contributed by atoms with Gasteiger partial charge in [-0.1, -0.05) is 41.7 Å². The van der Waals surface area contributed by atoms with E-state index < -0.39 is 17.9 Å². The summed E-state index contributed by atoms with van der Waals surface area (Å²) in [5.74, 6) is 4.63. The lowest BCUT2D eigenvalue weighted by molar-refractivity contribution is -0.130. The maximum atomic E-state index is 12.3. The molecule has 0 saturated carbocycles. The van der Waals surface area contributed by atoms with E-state index in [-0.39, 0.29) is 19.0 Å². The standard InChI is InChI=1S/C28H29N5O4/c1-19-3-2-4-22(15-19)17-30-18-26(34)31-24-13-9-21(10-14-24)6-5-20-7-11-23(12-8-20)27(35)32-25(16-29)28(36)33-37/h2-4,7-15,25,30,37H,16-18,29H2,1H3,(H,31,34)(H,32,35)(H,33,36)/t25-/m0/s1. The number of aryl methyl sites for hydroxylation is 1. The fourth-order valence-electron chi connectivity index (χ4n) is 3.38. The molecule has 3 aromatic rings. The number of hydrogen-bond acceptors (Lipinski definition) is 6. The average molecular weight is 500 g/mol. The van der Waals surface area contributed by atoms with Gasteiger partial charge in [0.2, 0.25) is 5.91 Å². The number of carbonyl (C=O) groups excluding carboxylic acids is 3. The second-order valence-electron chi connectivity index (χ2n) is 8.28. The van der Waals surface area contributed by atoms with Gasteiger partial charge in [0, 0.05) is 35.5 Å². The molecule has 0 aromatic heterocycles. The number of rotatable bonds is 9. The van der Waals surface area contributed by atoms with Gasteiger partial charge in [-0.25, -0.2) is 5.48 Å². The zero-order valence-electron chi connectivity index (χ0n) is 20.4. The molecule has 3 aromatic carbocycles. The lowest BCUT2D eigenvalue weighted by Crippen LogP contribution is -2.50. The second kappa shape index (κ2) is 13.6. The van der Waals surface area contributed by atoms with Crippen molar-refractivity contribution in [1.29, 1.82) is 0 Å². The van der Waals surface area contributed by atoms with Gasteiger partial charge in [-0.15, -0.1) is 0 Å². The minimum Gasteiger partial charge on any atom is -0.339 e. The molecule has 0 unspecified atom stereocenters. The number of amides is 3. The van der Waals surface area contributed by atoms with Gasteiger partial charge in [0.15, 0.2) is 0 Å². The Bertz CT molecular complexity index is 1290. The van der Waals surface area contributed by atoms with E-state index in [0.717, 1.165) is 11.1 Å². The predicted molar refractivity (Wildman–Crippen MR) is 141 cm³/mol. The molecule has 0 aliphatic carbocycles. The number of anilines is 1. The van der Waals surface area contributed by atoms with Crippen molar-refractivity contribution < 1.29 is 19.6 Å².